The van der Waals surface area contributed by atoms with Crippen molar-refractivity contribution >= 4 is 5.69 Å². The Balaban J connectivity index is 2.45. The van der Waals surface area contributed by atoms with Gasteiger partial charge in [0.15, 0.2) is 0 Å². The van der Waals surface area contributed by atoms with Crippen LogP contribution in [0.3, 0.4) is 0 Å². The lowest BCUT2D eigenvalue weighted by atomic mass is 10.2. The Morgan fingerprint density at radius 2 is 2.00 bits per heavy atom. The smallest absolute Gasteiger partial charge is 0.301 e. The third kappa shape index (κ3) is 1.59. The van der Waals surface area contributed by atoms with E-state index in [1.807, 2.05) is 24.3 Å². The summed E-state index contributed by atoms with van der Waals surface area (Å²) in [5.74, 6) is 2.66. The summed E-state index contributed by atoms with van der Waals surface area (Å²) in [5.41, 5.74) is 1.84. The molecule has 0 aliphatic carbocycles. The summed E-state index contributed by atoms with van der Waals surface area (Å²) in [4.78, 5) is 0.264. The van der Waals surface area contributed by atoms with Gasteiger partial charge in [0, 0.05) is 18.9 Å². The van der Waals surface area contributed by atoms with E-state index in [2.05, 4.69) is 5.92 Å². The summed E-state index contributed by atoms with van der Waals surface area (Å²) in [6.07, 6.45) is 7.69. The first-order chi connectivity index (χ1) is 6.76. The van der Waals surface area contributed by atoms with Crippen LogP contribution in [0.15, 0.2) is 24.3 Å². The van der Waals surface area contributed by atoms with Gasteiger partial charge >= 0.3 is 1.41 Å². The molecule has 1 heteroatoms. The van der Waals surface area contributed by atoms with Crippen molar-refractivity contribution in [3.8, 4) is 12.3 Å². The van der Waals surface area contributed by atoms with E-state index in [1.165, 1.54) is 0 Å². The Kier molecular flexibility index (Phi) is 2.01. The summed E-state index contributed by atoms with van der Waals surface area (Å²) < 4.78 is 8.31. The molecule has 1 aromatic rings. The number of quaternary nitrogens is 1. The number of terminal acetylenes is 1. The second-order valence-electron chi connectivity index (χ2n) is 3.36. The Morgan fingerprint density at radius 3 is 2.69 bits per heavy atom. The maximum Gasteiger partial charge on any atom is 0.354 e. The van der Waals surface area contributed by atoms with Crippen molar-refractivity contribution in [1.82, 2.24) is 0 Å². The Hall–Kier alpha value is -1.26. The van der Waals surface area contributed by atoms with Gasteiger partial charge in [0.05, 0.1) is 18.7 Å². The molecular formula is C12H14N+. The van der Waals surface area contributed by atoms with Gasteiger partial charge in [-0.05, 0) is 6.07 Å². The number of rotatable bonds is 1. The van der Waals surface area contributed by atoms with Crippen molar-refractivity contribution in [2.75, 3.05) is 13.1 Å². The summed E-state index contributed by atoms with van der Waals surface area (Å²) in [6.45, 7) is 1.78. The molecule has 0 amide bonds. The van der Waals surface area contributed by atoms with Crippen LogP contribution < -0.4 is 4.89 Å². The van der Waals surface area contributed by atoms with Gasteiger partial charge < -0.3 is 4.89 Å². The van der Waals surface area contributed by atoms with Crippen molar-refractivity contribution < 1.29 is 6.30 Å². The van der Waals surface area contributed by atoms with Crippen molar-refractivity contribution in [1.29, 1.82) is 0 Å². The predicted molar refractivity (Wildman–Crippen MR) is 54.0 cm³/mol. The summed E-state index contributed by atoms with van der Waals surface area (Å²) >= 11 is 0. The summed E-state index contributed by atoms with van der Waals surface area (Å²) in [7, 11) is 0. The number of hydrogen-bond acceptors (Lipinski definition) is 0. The fraction of sp³-hybridized carbons (Fsp3) is 0.333. The van der Waals surface area contributed by atoms with Crippen LogP contribution in [0, 0.1) is 12.3 Å². The second-order valence-corrected chi connectivity index (χ2v) is 3.36. The molecule has 1 aliphatic heterocycles. The van der Waals surface area contributed by atoms with E-state index in [4.69, 9.17) is 7.84 Å². The van der Waals surface area contributed by atoms with E-state index in [-0.39, 0.29) is 4.89 Å². The highest BCUT2D eigenvalue weighted by atomic mass is 15.1. The minimum atomic E-state index is 0.264. The average Bonchev–Trinajstić information content (AvgIpc) is 2.66. The van der Waals surface area contributed by atoms with Crippen molar-refractivity contribution in [2.45, 2.75) is 12.8 Å². The molecule has 0 aromatic heterocycles. The van der Waals surface area contributed by atoms with E-state index in [0.717, 1.165) is 37.2 Å². The molecule has 0 unspecified atom stereocenters. The van der Waals surface area contributed by atoms with Crippen LogP contribution in [0.1, 0.15) is 18.4 Å². The zero-order chi connectivity index (χ0) is 10.0. The third-order valence-corrected chi connectivity index (χ3v) is 2.51. The minimum absolute atomic E-state index is 0.264. The zero-order valence-electron chi connectivity index (χ0n) is 8.66. The molecule has 13 heavy (non-hydrogen) atoms. The van der Waals surface area contributed by atoms with Gasteiger partial charge in [-0.1, -0.05) is 18.1 Å². The fourth-order valence-electron chi connectivity index (χ4n) is 1.83. The maximum atomic E-state index is 8.31. The molecule has 0 bridgehead atoms. The van der Waals surface area contributed by atoms with Gasteiger partial charge in [0.1, 0.15) is 5.69 Å². The average molecular weight is 173 g/mol. The lowest BCUT2D eigenvalue weighted by molar-refractivity contribution is -0.818. The van der Waals surface area contributed by atoms with Crippen LogP contribution in [0.5, 0.6) is 0 Å². The predicted octanol–water partition coefficient (Wildman–Crippen LogP) is 0.978. The highest BCUT2D eigenvalue weighted by molar-refractivity contribution is 5.49. The SMILES string of the molecule is [2H][N+]1(c2ccccc2C#C)CCCC1. The van der Waals surface area contributed by atoms with Gasteiger partial charge in [-0.3, -0.25) is 0 Å². The van der Waals surface area contributed by atoms with Crippen LogP contribution in [0.25, 0.3) is 0 Å². The fourth-order valence-corrected chi connectivity index (χ4v) is 1.83. The minimum Gasteiger partial charge on any atom is -0.301 e. The first-order valence-corrected chi connectivity index (χ1v) is 4.72. The molecule has 2 rings (SSSR count). The molecule has 0 spiro atoms. The molecule has 0 radical (unpaired) electrons. The van der Waals surface area contributed by atoms with Crippen LogP contribution in [0.2, 0.25) is 1.41 Å². The largest absolute Gasteiger partial charge is 0.354 e. The van der Waals surface area contributed by atoms with Crippen molar-refractivity contribution in [3.63, 3.8) is 0 Å². The monoisotopic (exact) mass is 173 g/mol. The highest BCUT2D eigenvalue weighted by Gasteiger charge is 2.19. The van der Waals surface area contributed by atoms with Crippen LogP contribution >= 0.6 is 0 Å². The quantitative estimate of drug-likeness (QED) is 0.604. The molecule has 1 aromatic carbocycles. The first kappa shape index (κ1) is 7.17. The molecule has 1 heterocycles. The molecule has 1 nitrogen and oxygen atoms in total. The number of nitrogens with one attached hydrogen (secondary N) is 1. The van der Waals surface area contributed by atoms with Gasteiger partial charge in [-0.2, -0.15) is 0 Å². The highest BCUT2D eigenvalue weighted by Crippen LogP contribution is 2.10. The summed E-state index contributed by atoms with van der Waals surface area (Å²) in [6, 6.07) is 7.79. The van der Waals surface area contributed by atoms with Crippen LogP contribution in [-0.4, -0.2) is 13.1 Å². The van der Waals surface area contributed by atoms with Crippen molar-refractivity contribution in [2.24, 2.45) is 0 Å². The summed E-state index contributed by atoms with van der Waals surface area (Å²) in [5, 5.41) is 0. The van der Waals surface area contributed by atoms with E-state index in [0.29, 0.717) is 0 Å². The molecule has 1 aliphatic rings. The molecule has 1 N–H and O–H groups in total. The van der Waals surface area contributed by atoms with Gasteiger partial charge in [0.2, 0.25) is 0 Å². The van der Waals surface area contributed by atoms with E-state index < -0.39 is 0 Å². The number of benzene rings is 1. The maximum absolute atomic E-state index is 8.31. The van der Waals surface area contributed by atoms with Gasteiger partial charge in [0.25, 0.3) is 0 Å². The topological polar surface area (TPSA) is 4.44 Å². The van der Waals surface area contributed by atoms with Gasteiger partial charge in [-0.15, -0.1) is 6.42 Å². The molecule has 1 saturated heterocycles. The normalized spacial score (nSPS) is 20.7. The molecule has 0 atom stereocenters. The Morgan fingerprint density at radius 1 is 1.31 bits per heavy atom. The van der Waals surface area contributed by atoms with E-state index in [1.54, 1.807) is 0 Å². The standard InChI is InChI=1S/C12H13N/c1-2-11-7-3-4-8-12(11)13-9-5-6-10-13/h1,3-4,7-8H,5-6,9-10H2/p+1/i/hD. The Labute approximate surface area is 80.8 Å². The molecule has 0 saturated carbocycles. The molecular weight excluding hydrogens is 158 g/mol. The van der Waals surface area contributed by atoms with E-state index >= 15 is 0 Å². The molecule has 66 valence electrons. The lowest BCUT2D eigenvalue weighted by Crippen LogP contribution is -3.05. The number of hydrogen-bond donors (Lipinski definition) is 1. The second kappa shape index (κ2) is 3.64. The zero-order valence-corrected chi connectivity index (χ0v) is 7.66. The molecule has 1 fully saturated rings. The lowest BCUT2D eigenvalue weighted by Gasteiger charge is -2.12. The van der Waals surface area contributed by atoms with Crippen LogP contribution in [-0.2, 0) is 0 Å². The van der Waals surface area contributed by atoms with Gasteiger partial charge in [-0.25, -0.2) is 0 Å². The van der Waals surface area contributed by atoms with E-state index in [9.17, 15) is 0 Å². The third-order valence-electron chi connectivity index (χ3n) is 2.51. The number of para-hydroxylation sites is 1. The first-order valence-electron chi connectivity index (χ1n) is 5.17. The Bertz CT molecular complexity index is 372. The van der Waals surface area contributed by atoms with Crippen molar-refractivity contribution in [3.05, 3.63) is 29.8 Å². The van der Waals surface area contributed by atoms with Crippen LogP contribution in [0.4, 0.5) is 5.69 Å².